The number of rotatable bonds is 4. The predicted molar refractivity (Wildman–Crippen MR) is 75.6 cm³/mol. The Labute approximate surface area is 111 Å². The van der Waals surface area contributed by atoms with E-state index >= 15 is 0 Å². The van der Waals surface area contributed by atoms with Gasteiger partial charge in [0, 0.05) is 11.2 Å². The Morgan fingerprint density at radius 2 is 1.82 bits per heavy atom. The zero-order chi connectivity index (χ0) is 12.3. The molecule has 0 bridgehead atoms. The second kappa shape index (κ2) is 5.58. The van der Waals surface area contributed by atoms with Crippen molar-refractivity contribution in [1.82, 2.24) is 9.97 Å². The van der Waals surface area contributed by atoms with E-state index in [1.807, 2.05) is 31.2 Å². The van der Waals surface area contributed by atoms with Crippen molar-refractivity contribution in [3.8, 4) is 0 Å². The number of alkyl halides is 1. The highest BCUT2D eigenvalue weighted by Gasteiger charge is 2.10. The number of para-hydroxylation sites is 2. The average Bonchev–Trinajstić information content (AvgIpc) is 2.30. The first-order chi connectivity index (χ1) is 8.20. The number of fused-ring (bicyclic) bond motifs is 1. The van der Waals surface area contributed by atoms with Gasteiger partial charge in [-0.2, -0.15) is 0 Å². The maximum atomic E-state index is 4.70. The summed E-state index contributed by atoms with van der Waals surface area (Å²) < 4.78 is 0. The molecule has 0 spiro atoms. The van der Waals surface area contributed by atoms with Crippen LogP contribution in [0.5, 0.6) is 0 Å². The van der Waals surface area contributed by atoms with Gasteiger partial charge in [0.25, 0.3) is 0 Å². The Morgan fingerprint density at radius 1 is 1.18 bits per heavy atom. The number of aryl methyl sites for hydroxylation is 1. The highest BCUT2D eigenvalue weighted by molar-refractivity contribution is 9.09. The molecule has 0 saturated heterocycles. The van der Waals surface area contributed by atoms with Crippen LogP contribution in [-0.2, 0) is 6.42 Å². The second-order valence-electron chi connectivity index (χ2n) is 4.33. The largest absolute Gasteiger partial charge is 0.250 e. The van der Waals surface area contributed by atoms with Gasteiger partial charge in [-0.1, -0.05) is 41.4 Å². The van der Waals surface area contributed by atoms with E-state index in [2.05, 4.69) is 27.8 Å². The van der Waals surface area contributed by atoms with Crippen molar-refractivity contribution in [1.29, 1.82) is 0 Å². The van der Waals surface area contributed by atoms with Crippen LogP contribution in [0.3, 0.4) is 0 Å². The number of nitrogens with zero attached hydrogens (tertiary/aromatic N) is 2. The summed E-state index contributed by atoms with van der Waals surface area (Å²) in [7, 11) is 0. The van der Waals surface area contributed by atoms with E-state index in [-0.39, 0.29) is 0 Å². The summed E-state index contributed by atoms with van der Waals surface area (Å²) >= 11 is 3.71. The minimum Gasteiger partial charge on any atom is -0.250 e. The van der Waals surface area contributed by atoms with Crippen LogP contribution in [0.4, 0.5) is 0 Å². The molecule has 1 atom stereocenters. The van der Waals surface area contributed by atoms with E-state index in [4.69, 9.17) is 4.98 Å². The fraction of sp³-hybridized carbons (Fsp3) is 0.429. The Kier molecular flexibility index (Phi) is 4.11. The molecule has 0 aliphatic carbocycles. The van der Waals surface area contributed by atoms with Crippen molar-refractivity contribution in [2.24, 2.45) is 0 Å². The van der Waals surface area contributed by atoms with Gasteiger partial charge in [-0.3, -0.25) is 0 Å². The highest BCUT2D eigenvalue weighted by atomic mass is 79.9. The van der Waals surface area contributed by atoms with Gasteiger partial charge < -0.3 is 0 Å². The van der Waals surface area contributed by atoms with Crippen molar-refractivity contribution in [2.45, 2.75) is 37.9 Å². The summed E-state index contributed by atoms with van der Waals surface area (Å²) in [5, 5.41) is 0. The first kappa shape index (κ1) is 12.5. The predicted octanol–water partition coefficient (Wildman–Crippen LogP) is 4.04. The van der Waals surface area contributed by atoms with Crippen LogP contribution in [0.1, 0.15) is 31.2 Å². The molecule has 0 N–H and O–H groups in total. The molecule has 2 rings (SSSR count). The average molecular weight is 293 g/mol. The fourth-order valence-corrected chi connectivity index (χ4v) is 2.71. The minimum atomic E-state index is 0.502. The molecule has 17 heavy (non-hydrogen) atoms. The Bertz CT molecular complexity index is 511. The molecular weight excluding hydrogens is 276 g/mol. The first-order valence-corrected chi connectivity index (χ1v) is 6.98. The summed E-state index contributed by atoms with van der Waals surface area (Å²) in [6.07, 6.45) is 3.32. The van der Waals surface area contributed by atoms with Crippen molar-refractivity contribution in [3.05, 3.63) is 35.7 Å². The molecule has 1 unspecified atom stereocenters. The van der Waals surface area contributed by atoms with Crippen LogP contribution < -0.4 is 0 Å². The van der Waals surface area contributed by atoms with Crippen LogP contribution in [-0.4, -0.2) is 14.8 Å². The van der Waals surface area contributed by atoms with Gasteiger partial charge in [0.05, 0.1) is 22.4 Å². The topological polar surface area (TPSA) is 25.8 Å². The van der Waals surface area contributed by atoms with Gasteiger partial charge >= 0.3 is 0 Å². The summed E-state index contributed by atoms with van der Waals surface area (Å²) in [6.45, 7) is 4.24. The molecule has 2 nitrogen and oxygen atoms in total. The summed E-state index contributed by atoms with van der Waals surface area (Å²) in [5.41, 5.74) is 4.13. The third-order valence-corrected chi connectivity index (χ3v) is 3.64. The van der Waals surface area contributed by atoms with E-state index in [0.717, 1.165) is 28.8 Å². The van der Waals surface area contributed by atoms with E-state index in [9.17, 15) is 0 Å². The molecule has 3 heteroatoms. The molecule has 0 fully saturated rings. The molecule has 1 heterocycles. The fourth-order valence-electron chi connectivity index (χ4n) is 1.94. The van der Waals surface area contributed by atoms with Crippen molar-refractivity contribution < 1.29 is 0 Å². The molecule has 2 aromatic rings. The molecule has 1 aromatic carbocycles. The molecule has 0 aliphatic heterocycles. The van der Waals surface area contributed by atoms with E-state index in [0.29, 0.717) is 4.83 Å². The van der Waals surface area contributed by atoms with Gasteiger partial charge in [0.1, 0.15) is 0 Å². The SMILES string of the molecule is CCCC(Br)Cc1nc2ccccc2nc1C. The number of aromatic nitrogens is 2. The maximum Gasteiger partial charge on any atom is 0.0890 e. The van der Waals surface area contributed by atoms with Gasteiger partial charge in [-0.15, -0.1) is 0 Å². The maximum absolute atomic E-state index is 4.70. The van der Waals surface area contributed by atoms with Crippen molar-refractivity contribution in [2.75, 3.05) is 0 Å². The van der Waals surface area contributed by atoms with Crippen LogP contribution in [0.15, 0.2) is 24.3 Å². The standard InChI is InChI=1S/C14H17BrN2/c1-3-6-11(15)9-14-10(2)16-12-7-4-5-8-13(12)17-14/h4-5,7-8,11H,3,6,9H2,1-2H3. The van der Waals surface area contributed by atoms with E-state index in [1.165, 1.54) is 12.8 Å². The first-order valence-electron chi connectivity index (χ1n) is 6.07. The third-order valence-electron chi connectivity index (χ3n) is 2.86. The highest BCUT2D eigenvalue weighted by Crippen LogP contribution is 2.18. The van der Waals surface area contributed by atoms with Gasteiger partial charge in [-0.05, 0) is 25.5 Å². The quantitative estimate of drug-likeness (QED) is 0.795. The molecular formula is C14H17BrN2. The lowest BCUT2D eigenvalue weighted by Crippen LogP contribution is -2.07. The Morgan fingerprint density at radius 3 is 2.47 bits per heavy atom. The Balaban J connectivity index is 2.31. The van der Waals surface area contributed by atoms with Gasteiger partial charge in [0.15, 0.2) is 0 Å². The van der Waals surface area contributed by atoms with Crippen LogP contribution in [0.2, 0.25) is 0 Å². The van der Waals surface area contributed by atoms with Crippen molar-refractivity contribution >= 4 is 27.0 Å². The molecule has 0 amide bonds. The number of hydrogen-bond donors (Lipinski definition) is 0. The summed E-state index contributed by atoms with van der Waals surface area (Å²) in [4.78, 5) is 9.81. The van der Waals surface area contributed by atoms with Crippen LogP contribution in [0, 0.1) is 6.92 Å². The normalized spacial score (nSPS) is 12.9. The van der Waals surface area contributed by atoms with Crippen LogP contribution in [0.25, 0.3) is 11.0 Å². The summed E-state index contributed by atoms with van der Waals surface area (Å²) in [5.74, 6) is 0. The molecule has 90 valence electrons. The van der Waals surface area contributed by atoms with E-state index < -0.39 is 0 Å². The van der Waals surface area contributed by atoms with Gasteiger partial charge in [-0.25, -0.2) is 9.97 Å². The number of halogens is 1. The zero-order valence-corrected chi connectivity index (χ0v) is 11.9. The van der Waals surface area contributed by atoms with E-state index in [1.54, 1.807) is 0 Å². The number of hydrogen-bond acceptors (Lipinski definition) is 2. The molecule has 0 radical (unpaired) electrons. The van der Waals surface area contributed by atoms with Crippen LogP contribution >= 0.6 is 15.9 Å². The van der Waals surface area contributed by atoms with Gasteiger partial charge in [0.2, 0.25) is 0 Å². The second-order valence-corrected chi connectivity index (χ2v) is 5.63. The summed E-state index contributed by atoms with van der Waals surface area (Å²) in [6, 6.07) is 8.04. The molecule has 0 aliphatic rings. The Hall–Kier alpha value is -0.960. The van der Waals surface area contributed by atoms with Crippen molar-refractivity contribution in [3.63, 3.8) is 0 Å². The monoisotopic (exact) mass is 292 g/mol. The lowest BCUT2D eigenvalue weighted by Gasteiger charge is -2.10. The lowest BCUT2D eigenvalue weighted by atomic mass is 10.1. The third kappa shape index (κ3) is 3.03. The molecule has 1 aromatic heterocycles. The smallest absolute Gasteiger partial charge is 0.0890 e. The lowest BCUT2D eigenvalue weighted by molar-refractivity contribution is 0.730. The molecule has 0 saturated carbocycles. The number of benzene rings is 1. The zero-order valence-electron chi connectivity index (χ0n) is 10.3. The minimum absolute atomic E-state index is 0.502.